The summed E-state index contributed by atoms with van der Waals surface area (Å²) in [5, 5.41) is 45.5. The zero-order valence-corrected chi connectivity index (χ0v) is 40.7. The minimum absolute atomic E-state index is 0.0375. The summed E-state index contributed by atoms with van der Waals surface area (Å²) in [7, 11) is 1.57. The lowest BCUT2D eigenvalue weighted by atomic mass is 9.96. The summed E-state index contributed by atoms with van der Waals surface area (Å²) in [6, 6.07) is -2.40. The van der Waals surface area contributed by atoms with E-state index in [9.17, 15) is 48.6 Å². The smallest absolute Gasteiger partial charge is 0.325 e. The Kier molecular flexibility index (Phi) is 24.8. The number of aliphatic imine (C=N–C) groups is 1. The quantitative estimate of drug-likeness (QED) is 0.0275. The van der Waals surface area contributed by atoms with Crippen molar-refractivity contribution >= 4 is 59.2 Å². The van der Waals surface area contributed by atoms with Crippen LogP contribution >= 0.6 is 0 Å². The van der Waals surface area contributed by atoms with Gasteiger partial charge in [0.05, 0.1) is 12.9 Å². The van der Waals surface area contributed by atoms with Gasteiger partial charge in [0, 0.05) is 44.7 Å². The van der Waals surface area contributed by atoms with Crippen LogP contribution in [0.3, 0.4) is 0 Å². The number of likely N-dealkylation sites (N-methyl/N-ethyl adjacent to an activating group) is 1. The molecular weight excluding hydrogens is 915 g/mol. The first kappa shape index (κ1) is 58.8. The Morgan fingerprint density at radius 2 is 1.43 bits per heavy atom. The molecule has 25 nitrogen and oxygen atoms in total. The number of H-pyrrole nitrogens is 1. The number of hydrogen-bond acceptors (Lipinski definition) is 13. The van der Waals surface area contributed by atoms with Crippen molar-refractivity contribution in [3.05, 3.63) is 48.0 Å². The van der Waals surface area contributed by atoms with Crippen molar-refractivity contribution in [2.45, 2.75) is 129 Å². The van der Waals surface area contributed by atoms with Gasteiger partial charge >= 0.3 is 5.97 Å². The third-order valence-corrected chi connectivity index (χ3v) is 11.1. The minimum atomic E-state index is -1.34. The van der Waals surface area contributed by atoms with Crippen molar-refractivity contribution in [3.8, 4) is 5.75 Å². The Hall–Kier alpha value is -7.31. The standard InChI is InChI=1S/C43H67N13O10.C2H4O2/c1-7-24(4)35(40(63)53-31(19-27-20-47-22-49-27)41(64)56-17-9-11-32(56)38(61)50-25(5)42(65)66)55-37(60)30(18-26-12-14-28(57)15-13-26)52-39(62)34(23(2)3)54-36(59)29(51-33(58)21-46-6)10-8-16-48-43(44)45;1-2(3)4/h12-15,20,22-25,29-32,34-35,46,57H,7-11,16-19,21H2,1-6H3,(H,47,49)(H,50,61)(H,51,58)(H,52,62)(H,53,63)(H,54,59)(H,55,60)(H,65,66)(H4,44,45,48);1H3,(H,3,4)/t24-,25+,29-,30-,31-,32-,34-,35-;/m0./s1. The maximum absolute atomic E-state index is 14.4. The van der Waals surface area contributed by atoms with Gasteiger partial charge in [0.25, 0.3) is 5.97 Å². The fraction of sp³-hybridized carbons (Fsp3) is 0.578. The van der Waals surface area contributed by atoms with Gasteiger partial charge in [-0.15, -0.1) is 0 Å². The minimum Gasteiger partial charge on any atom is -0.508 e. The van der Waals surface area contributed by atoms with E-state index in [0.717, 1.165) is 6.92 Å². The Balaban J connectivity index is 0.00000403. The predicted octanol–water partition coefficient (Wildman–Crippen LogP) is -2.03. The number of aromatic nitrogens is 2. The number of nitrogens with one attached hydrogen (secondary N) is 8. The van der Waals surface area contributed by atoms with Crippen LogP contribution in [-0.4, -0.2) is 158 Å². The van der Waals surface area contributed by atoms with Gasteiger partial charge in [-0.2, -0.15) is 0 Å². The van der Waals surface area contributed by atoms with Crippen LogP contribution < -0.4 is 48.7 Å². The Morgan fingerprint density at radius 3 is 1.99 bits per heavy atom. The van der Waals surface area contributed by atoms with Gasteiger partial charge in [-0.25, -0.2) is 4.98 Å². The molecule has 0 bridgehead atoms. The lowest BCUT2D eigenvalue weighted by Crippen LogP contribution is -2.62. The molecule has 1 aliphatic rings. The number of aromatic amines is 1. The van der Waals surface area contributed by atoms with Crippen molar-refractivity contribution in [2.24, 2.45) is 28.3 Å². The molecule has 388 valence electrons. The first-order valence-corrected chi connectivity index (χ1v) is 23.0. The molecule has 0 spiro atoms. The first-order chi connectivity index (χ1) is 33.0. The highest BCUT2D eigenvalue weighted by molar-refractivity contribution is 5.98. The number of carbonyl (C=O) groups excluding carboxylic acids is 7. The number of benzene rings is 1. The number of imidazole rings is 1. The van der Waals surface area contributed by atoms with Gasteiger partial charge in [-0.1, -0.05) is 46.2 Å². The maximum atomic E-state index is 14.4. The average Bonchev–Trinajstić information content (AvgIpc) is 4.01. The van der Waals surface area contributed by atoms with Crippen molar-refractivity contribution in [3.63, 3.8) is 0 Å². The summed E-state index contributed by atoms with van der Waals surface area (Å²) in [5.74, 6) is -7.94. The number of amides is 7. The largest absolute Gasteiger partial charge is 0.508 e. The molecule has 0 unspecified atom stereocenters. The summed E-state index contributed by atoms with van der Waals surface area (Å²) >= 11 is 0. The molecule has 2 aromatic rings. The third kappa shape index (κ3) is 20.1. The second-order valence-electron chi connectivity index (χ2n) is 17.3. The van der Waals surface area contributed by atoms with Crippen LogP contribution in [0.4, 0.5) is 0 Å². The van der Waals surface area contributed by atoms with Gasteiger partial charge in [0.1, 0.15) is 48.0 Å². The predicted molar refractivity (Wildman–Crippen MR) is 255 cm³/mol. The Bertz CT molecular complexity index is 2090. The fourth-order valence-corrected chi connectivity index (χ4v) is 7.21. The van der Waals surface area contributed by atoms with E-state index >= 15 is 0 Å². The number of rotatable bonds is 26. The number of carboxylic acids is 2. The van der Waals surface area contributed by atoms with E-state index in [1.165, 1.54) is 36.5 Å². The third-order valence-electron chi connectivity index (χ3n) is 11.1. The highest BCUT2D eigenvalue weighted by atomic mass is 16.4. The number of aromatic hydroxyl groups is 1. The molecule has 1 aromatic carbocycles. The van der Waals surface area contributed by atoms with Crippen LogP contribution in [0.5, 0.6) is 5.75 Å². The molecule has 15 N–H and O–H groups in total. The van der Waals surface area contributed by atoms with E-state index in [1.54, 1.807) is 46.9 Å². The lowest BCUT2D eigenvalue weighted by molar-refractivity contribution is -0.144. The zero-order valence-electron chi connectivity index (χ0n) is 40.7. The Morgan fingerprint density at radius 1 is 0.829 bits per heavy atom. The van der Waals surface area contributed by atoms with Gasteiger partial charge < -0.3 is 73.9 Å². The molecule has 7 amide bonds. The molecule has 1 fully saturated rings. The summed E-state index contributed by atoms with van der Waals surface area (Å²) in [6.07, 6.45) is 4.25. The molecule has 2 heterocycles. The number of carbonyl (C=O) groups is 9. The number of nitrogens with zero attached hydrogens (tertiary/aromatic N) is 3. The molecule has 0 saturated carbocycles. The number of aliphatic carboxylic acids is 2. The van der Waals surface area contributed by atoms with Crippen molar-refractivity contribution in [1.82, 2.24) is 52.1 Å². The van der Waals surface area contributed by atoms with Crippen molar-refractivity contribution in [2.75, 3.05) is 26.7 Å². The van der Waals surface area contributed by atoms with E-state index in [4.69, 9.17) is 21.4 Å². The number of phenolic OH excluding ortho intramolecular Hbond substituents is 1. The fourth-order valence-electron chi connectivity index (χ4n) is 7.21. The normalized spacial score (nSPS) is 16.0. The molecular formula is C45H71N13O12. The number of hydrogen-bond donors (Lipinski definition) is 13. The van der Waals surface area contributed by atoms with Crippen molar-refractivity contribution in [1.29, 1.82) is 0 Å². The highest BCUT2D eigenvalue weighted by Crippen LogP contribution is 2.21. The molecule has 0 radical (unpaired) electrons. The van der Waals surface area contributed by atoms with Crippen LogP contribution in [-0.2, 0) is 56.0 Å². The number of likely N-dealkylation sites (tertiary alicyclic amines) is 1. The number of guanidine groups is 1. The molecule has 1 aromatic heterocycles. The summed E-state index contributed by atoms with van der Waals surface area (Å²) in [4.78, 5) is 129. The lowest BCUT2D eigenvalue weighted by Gasteiger charge is -2.32. The van der Waals surface area contributed by atoms with Crippen molar-refractivity contribution < 1.29 is 58.5 Å². The number of phenols is 1. The molecule has 0 aliphatic carbocycles. The molecule has 1 aliphatic heterocycles. The van der Waals surface area contributed by atoms with Crippen LogP contribution in [0.2, 0.25) is 0 Å². The topological polar surface area (TPSA) is 395 Å². The Labute approximate surface area is 406 Å². The van der Waals surface area contributed by atoms with Gasteiger partial charge in [0.15, 0.2) is 5.96 Å². The van der Waals surface area contributed by atoms with Crippen LogP contribution in [0.25, 0.3) is 0 Å². The molecule has 25 heteroatoms. The summed E-state index contributed by atoms with van der Waals surface area (Å²) < 4.78 is 0. The zero-order chi connectivity index (χ0) is 52.7. The van der Waals surface area contributed by atoms with E-state index in [2.05, 4.69) is 52.2 Å². The average molecular weight is 986 g/mol. The van der Waals surface area contributed by atoms with Gasteiger partial charge in [0.2, 0.25) is 41.4 Å². The highest BCUT2D eigenvalue weighted by Gasteiger charge is 2.40. The van der Waals surface area contributed by atoms with E-state index < -0.39 is 107 Å². The van der Waals surface area contributed by atoms with Gasteiger partial charge in [-0.3, -0.25) is 48.1 Å². The molecule has 3 rings (SSSR count). The molecule has 70 heavy (non-hydrogen) atoms. The van der Waals surface area contributed by atoms with E-state index in [0.29, 0.717) is 30.5 Å². The molecule has 8 atom stereocenters. The maximum Gasteiger partial charge on any atom is 0.325 e. The first-order valence-electron chi connectivity index (χ1n) is 23.0. The van der Waals surface area contributed by atoms with E-state index in [1.807, 2.05) is 0 Å². The van der Waals surface area contributed by atoms with Crippen LogP contribution in [0.1, 0.15) is 84.9 Å². The van der Waals surface area contributed by atoms with E-state index in [-0.39, 0.29) is 57.0 Å². The SMILES string of the molecule is CC(=O)O.CC[C@H](C)[C@H](NC(=O)[C@H](Cc1ccc(O)cc1)NC(=O)[C@@H](NC(=O)[C@H](CCCN=C(N)N)NC(=O)CNC)C(C)C)C(=O)N[C@@H](Cc1cnc[nH]1)C(=O)N1CCC[C@H]1C(=O)N[C@H](C)C(=O)O. The summed E-state index contributed by atoms with van der Waals surface area (Å²) in [5.41, 5.74) is 11.9. The number of nitrogens with two attached hydrogens (primary N) is 2. The van der Waals surface area contributed by atoms with Crippen LogP contribution in [0, 0.1) is 11.8 Å². The number of carboxylic acid groups (broad SMARTS) is 2. The van der Waals surface area contributed by atoms with Gasteiger partial charge in [-0.05, 0) is 69.2 Å². The molecule has 1 saturated heterocycles. The van der Waals surface area contributed by atoms with Crippen LogP contribution in [0.15, 0.2) is 41.8 Å². The summed E-state index contributed by atoms with van der Waals surface area (Å²) in [6.45, 7) is 9.55. The second-order valence-corrected chi connectivity index (χ2v) is 17.3. The second kappa shape index (κ2) is 29.5. The monoisotopic (exact) mass is 986 g/mol.